The summed E-state index contributed by atoms with van der Waals surface area (Å²) in [5.74, 6) is 0.802. The van der Waals surface area contributed by atoms with Crippen LogP contribution < -0.4 is 4.74 Å². The molecule has 0 spiro atoms. The molecule has 0 heterocycles. The number of hydrogen-bond acceptors (Lipinski definition) is 3. The van der Waals surface area contributed by atoms with Crippen molar-refractivity contribution in [3.63, 3.8) is 0 Å². The van der Waals surface area contributed by atoms with Gasteiger partial charge < -0.3 is 14.9 Å². The maximum absolute atomic E-state index is 11.1. The lowest BCUT2D eigenvalue weighted by atomic mass is 10.1. The molecule has 2 aromatic rings. The van der Waals surface area contributed by atoms with Crippen LogP contribution in [0.1, 0.15) is 26.3 Å². The molecule has 0 aromatic heterocycles. The van der Waals surface area contributed by atoms with Crippen LogP contribution in [0.5, 0.6) is 11.5 Å². The molecule has 0 atom stereocenters. The molecule has 0 fully saturated rings. The lowest BCUT2D eigenvalue weighted by Gasteiger charge is -2.08. The zero-order valence-corrected chi connectivity index (χ0v) is 10.7. The Bertz CT molecular complexity index is 738. The number of hydrogen-bond donors (Lipinski definition) is 2. The Morgan fingerprint density at radius 3 is 2.10 bits per heavy atom. The maximum Gasteiger partial charge on any atom is 0.337 e. The predicted octanol–water partition coefficient (Wildman–Crippen LogP) is 2.86. The first-order valence-corrected chi connectivity index (χ1v) is 5.86. The summed E-state index contributed by atoms with van der Waals surface area (Å²) in [6, 6.07) is 10.1. The van der Waals surface area contributed by atoms with E-state index in [0.717, 1.165) is 0 Å². The van der Waals surface area contributed by atoms with Crippen molar-refractivity contribution in [1.82, 2.24) is 0 Å². The van der Waals surface area contributed by atoms with Crippen LogP contribution in [0.3, 0.4) is 0 Å². The van der Waals surface area contributed by atoms with Crippen LogP contribution in [0.25, 0.3) is 0 Å². The molecule has 2 N–H and O–H groups in total. The summed E-state index contributed by atoms with van der Waals surface area (Å²) < 4.78 is 5.48. The van der Waals surface area contributed by atoms with Crippen LogP contribution in [0.2, 0.25) is 0 Å². The smallest absolute Gasteiger partial charge is 0.337 e. The van der Waals surface area contributed by atoms with E-state index in [4.69, 9.17) is 21.4 Å². The minimum Gasteiger partial charge on any atom is -0.478 e. The van der Waals surface area contributed by atoms with Crippen molar-refractivity contribution < 1.29 is 24.5 Å². The molecular formula is C16H10O5. The third-order valence-electron chi connectivity index (χ3n) is 2.71. The summed E-state index contributed by atoms with van der Waals surface area (Å²) >= 11 is 0. The molecule has 5 heteroatoms. The van der Waals surface area contributed by atoms with Gasteiger partial charge >= 0.3 is 11.9 Å². The van der Waals surface area contributed by atoms with Crippen molar-refractivity contribution in [1.29, 1.82) is 0 Å². The normalized spacial score (nSPS) is 9.67. The van der Waals surface area contributed by atoms with Gasteiger partial charge in [-0.25, -0.2) is 9.59 Å². The summed E-state index contributed by atoms with van der Waals surface area (Å²) in [6.45, 7) is 0. The predicted molar refractivity (Wildman–Crippen MR) is 74.8 cm³/mol. The SMILES string of the molecule is C#Cc1ccc(Oc2ccc(C(=O)O)cc2)cc1C(=O)O. The van der Waals surface area contributed by atoms with E-state index in [2.05, 4.69) is 5.92 Å². The summed E-state index contributed by atoms with van der Waals surface area (Å²) in [4.78, 5) is 21.8. The Labute approximate surface area is 120 Å². The number of benzene rings is 2. The number of rotatable bonds is 4. The first-order valence-electron chi connectivity index (χ1n) is 5.86. The Kier molecular flexibility index (Phi) is 3.91. The number of ether oxygens (including phenoxy) is 1. The molecule has 2 aromatic carbocycles. The van der Waals surface area contributed by atoms with E-state index in [1.807, 2.05) is 0 Å². The highest BCUT2D eigenvalue weighted by Gasteiger charge is 2.11. The number of carboxylic acid groups (broad SMARTS) is 2. The standard InChI is InChI=1S/C16H10O5/c1-2-10-3-8-13(9-14(10)16(19)20)21-12-6-4-11(5-7-12)15(17)18/h1,3-9H,(H,17,18)(H,19,20). The minimum absolute atomic E-state index is 0.0304. The molecule has 0 saturated carbocycles. The largest absolute Gasteiger partial charge is 0.478 e. The lowest BCUT2D eigenvalue weighted by molar-refractivity contribution is 0.0685. The van der Waals surface area contributed by atoms with Crippen LogP contribution >= 0.6 is 0 Å². The minimum atomic E-state index is -1.14. The number of terminal acetylenes is 1. The first kappa shape index (κ1) is 14.2. The van der Waals surface area contributed by atoms with Gasteiger partial charge in [0.15, 0.2) is 0 Å². The third kappa shape index (κ3) is 3.19. The Hall–Kier alpha value is -3.26. The second-order valence-corrected chi connectivity index (χ2v) is 4.09. The van der Waals surface area contributed by atoms with Gasteiger partial charge in [0.25, 0.3) is 0 Å². The van der Waals surface area contributed by atoms with E-state index >= 15 is 0 Å². The van der Waals surface area contributed by atoms with Crippen molar-refractivity contribution in [2.24, 2.45) is 0 Å². The molecule has 104 valence electrons. The topological polar surface area (TPSA) is 83.8 Å². The van der Waals surface area contributed by atoms with Crippen LogP contribution in [-0.2, 0) is 0 Å². The van der Waals surface area contributed by atoms with Gasteiger partial charge in [-0.1, -0.05) is 5.92 Å². The van der Waals surface area contributed by atoms with E-state index in [1.54, 1.807) is 6.07 Å². The van der Waals surface area contributed by atoms with Crippen LogP contribution in [0.4, 0.5) is 0 Å². The molecule has 0 radical (unpaired) electrons. The molecule has 5 nitrogen and oxygen atoms in total. The van der Waals surface area contributed by atoms with Gasteiger partial charge in [-0.15, -0.1) is 6.42 Å². The van der Waals surface area contributed by atoms with Gasteiger partial charge in [-0.05, 0) is 42.5 Å². The zero-order valence-electron chi connectivity index (χ0n) is 10.7. The molecule has 2 rings (SSSR count). The molecule has 0 unspecified atom stereocenters. The molecule has 0 aliphatic heterocycles. The summed E-state index contributed by atoms with van der Waals surface area (Å²) in [7, 11) is 0. The molecule has 0 amide bonds. The highest BCUT2D eigenvalue weighted by atomic mass is 16.5. The fraction of sp³-hybridized carbons (Fsp3) is 0. The molecule has 21 heavy (non-hydrogen) atoms. The van der Waals surface area contributed by atoms with Crippen molar-refractivity contribution in [3.8, 4) is 23.8 Å². The quantitative estimate of drug-likeness (QED) is 0.842. The van der Waals surface area contributed by atoms with Gasteiger partial charge in [-0.2, -0.15) is 0 Å². The second kappa shape index (κ2) is 5.80. The number of aromatic carboxylic acids is 2. The van der Waals surface area contributed by atoms with E-state index in [9.17, 15) is 9.59 Å². The fourth-order valence-electron chi connectivity index (χ4n) is 1.69. The number of carboxylic acids is 2. The fourth-order valence-corrected chi connectivity index (χ4v) is 1.69. The molecule has 0 bridgehead atoms. The second-order valence-electron chi connectivity index (χ2n) is 4.09. The van der Waals surface area contributed by atoms with Gasteiger partial charge in [0.1, 0.15) is 11.5 Å². The van der Waals surface area contributed by atoms with Gasteiger partial charge in [0.05, 0.1) is 11.1 Å². The van der Waals surface area contributed by atoms with Crippen LogP contribution in [0.15, 0.2) is 42.5 Å². The summed E-state index contributed by atoms with van der Waals surface area (Å²) in [5, 5.41) is 17.9. The summed E-state index contributed by atoms with van der Waals surface area (Å²) in [6.07, 6.45) is 5.23. The van der Waals surface area contributed by atoms with Crippen LogP contribution in [0, 0.1) is 12.3 Å². The highest BCUT2D eigenvalue weighted by molar-refractivity contribution is 5.91. The van der Waals surface area contributed by atoms with Gasteiger partial charge in [0.2, 0.25) is 0 Å². The van der Waals surface area contributed by atoms with Crippen LogP contribution in [-0.4, -0.2) is 22.2 Å². The van der Waals surface area contributed by atoms with Crippen molar-refractivity contribution in [2.75, 3.05) is 0 Å². The summed E-state index contributed by atoms with van der Waals surface area (Å²) in [5.41, 5.74) is 0.365. The average Bonchev–Trinajstić information content (AvgIpc) is 2.47. The molecular weight excluding hydrogens is 272 g/mol. The first-order chi connectivity index (χ1) is 10.0. The monoisotopic (exact) mass is 282 g/mol. The zero-order chi connectivity index (χ0) is 15.4. The maximum atomic E-state index is 11.1. The van der Waals surface area contributed by atoms with Gasteiger partial charge in [-0.3, -0.25) is 0 Å². The van der Waals surface area contributed by atoms with Crippen molar-refractivity contribution in [3.05, 3.63) is 59.2 Å². The van der Waals surface area contributed by atoms with E-state index in [-0.39, 0.29) is 16.7 Å². The van der Waals surface area contributed by atoms with E-state index in [0.29, 0.717) is 11.5 Å². The highest BCUT2D eigenvalue weighted by Crippen LogP contribution is 2.24. The van der Waals surface area contributed by atoms with Gasteiger partial charge in [0, 0.05) is 5.56 Å². The Balaban J connectivity index is 2.27. The average molecular weight is 282 g/mol. The molecule has 0 aliphatic carbocycles. The Morgan fingerprint density at radius 2 is 1.57 bits per heavy atom. The lowest BCUT2D eigenvalue weighted by Crippen LogP contribution is -2.00. The third-order valence-corrected chi connectivity index (χ3v) is 2.71. The number of carbonyl (C=O) groups is 2. The van der Waals surface area contributed by atoms with E-state index < -0.39 is 11.9 Å². The Morgan fingerprint density at radius 1 is 0.952 bits per heavy atom. The van der Waals surface area contributed by atoms with E-state index in [1.165, 1.54) is 36.4 Å². The molecule has 0 aliphatic rings. The molecule has 0 saturated heterocycles. The van der Waals surface area contributed by atoms with Crippen molar-refractivity contribution in [2.45, 2.75) is 0 Å². The van der Waals surface area contributed by atoms with Crippen molar-refractivity contribution >= 4 is 11.9 Å².